The van der Waals surface area contributed by atoms with E-state index in [1.54, 1.807) is 0 Å². The van der Waals surface area contributed by atoms with E-state index in [-0.39, 0.29) is 0 Å². The number of hydrogen-bond acceptors (Lipinski definition) is 1. The van der Waals surface area contributed by atoms with Crippen LogP contribution in [-0.2, 0) is 5.33 Å². The Morgan fingerprint density at radius 1 is 0.941 bits per heavy atom. The monoisotopic (exact) mass is 329 g/mol. The summed E-state index contributed by atoms with van der Waals surface area (Å²) in [5, 5.41) is 0.939. The highest BCUT2D eigenvalue weighted by atomic mass is 79.9. The zero-order chi connectivity index (χ0) is 13.3. The smallest absolute Gasteiger partial charge is 0.138 e. The first-order valence-corrected chi connectivity index (χ1v) is 14.1. The summed E-state index contributed by atoms with van der Waals surface area (Å²) in [6, 6.07) is 8.81. The number of halogens is 1. The fourth-order valence-electron chi connectivity index (χ4n) is 2.57. The Morgan fingerprint density at radius 2 is 1.41 bits per heavy atom. The lowest BCUT2D eigenvalue weighted by molar-refractivity contribution is 1.30. The minimum absolute atomic E-state index is 0.939. The van der Waals surface area contributed by atoms with E-state index in [1.165, 1.54) is 11.3 Å². The number of hydrogen-bond donors (Lipinski definition) is 0. The lowest BCUT2D eigenvalue weighted by Crippen LogP contribution is -2.59. The Hall–Kier alpha value is -0.0662. The Bertz CT molecular complexity index is 366. The van der Waals surface area contributed by atoms with Gasteiger partial charge < -0.3 is 4.23 Å². The number of benzene rings is 1. The van der Waals surface area contributed by atoms with Crippen molar-refractivity contribution in [2.45, 2.75) is 44.6 Å². The summed E-state index contributed by atoms with van der Waals surface area (Å²) >= 11 is 3.61. The van der Waals surface area contributed by atoms with Crippen molar-refractivity contribution < 1.29 is 0 Å². The van der Waals surface area contributed by atoms with Gasteiger partial charge >= 0.3 is 0 Å². The molecule has 4 heteroatoms. The number of nitrogens with zero attached hydrogens (tertiary/aromatic N) is 1. The predicted octanol–water partition coefficient (Wildman–Crippen LogP) is 5.06. The zero-order valence-electron chi connectivity index (χ0n) is 11.8. The minimum Gasteiger partial charge on any atom is -0.424 e. The second-order valence-corrected chi connectivity index (χ2v) is 17.0. The summed E-state index contributed by atoms with van der Waals surface area (Å²) < 4.78 is 2.77. The van der Waals surface area contributed by atoms with Crippen molar-refractivity contribution in [1.29, 1.82) is 0 Å². The quantitative estimate of drug-likeness (QED) is 0.551. The van der Waals surface area contributed by atoms with Crippen molar-refractivity contribution in [3.63, 3.8) is 0 Å². The van der Waals surface area contributed by atoms with Crippen molar-refractivity contribution in [1.82, 2.24) is 0 Å². The summed E-state index contributed by atoms with van der Waals surface area (Å²) in [6.45, 7) is 14.6. The predicted molar refractivity (Wildman–Crippen MR) is 88.2 cm³/mol. The number of para-hydroxylation sites is 1. The molecule has 1 aromatic carbocycles. The zero-order valence-corrected chi connectivity index (χ0v) is 15.4. The molecule has 1 nitrogen and oxygen atoms in total. The van der Waals surface area contributed by atoms with Crippen LogP contribution in [0.5, 0.6) is 0 Å². The van der Waals surface area contributed by atoms with E-state index in [4.69, 9.17) is 0 Å². The van der Waals surface area contributed by atoms with Crippen molar-refractivity contribution in [2.75, 3.05) is 4.23 Å². The van der Waals surface area contributed by atoms with Crippen molar-refractivity contribution >= 4 is 38.1 Å². The second kappa shape index (κ2) is 5.28. The van der Waals surface area contributed by atoms with Gasteiger partial charge in [-0.3, -0.25) is 0 Å². The first-order valence-electron chi connectivity index (χ1n) is 6.12. The van der Waals surface area contributed by atoms with Crippen LogP contribution in [0.1, 0.15) is 5.56 Å². The summed E-state index contributed by atoms with van der Waals surface area (Å²) in [7, 11) is -2.67. The molecule has 0 unspecified atom stereocenters. The third-order valence-electron chi connectivity index (χ3n) is 2.72. The maximum absolute atomic E-state index is 3.61. The van der Waals surface area contributed by atoms with E-state index in [9.17, 15) is 0 Å². The highest BCUT2D eigenvalue weighted by Crippen LogP contribution is 2.32. The van der Waals surface area contributed by atoms with Crippen LogP contribution in [-0.4, -0.2) is 16.5 Å². The molecule has 0 aliphatic rings. The molecule has 0 radical (unpaired) electrons. The first kappa shape index (κ1) is 15.0. The normalized spacial score (nSPS) is 12.6. The number of anilines is 1. The minimum atomic E-state index is -1.34. The molecule has 0 bridgehead atoms. The van der Waals surface area contributed by atoms with E-state index < -0.39 is 16.5 Å². The van der Waals surface area contributed by atoms with Gasteiger partial charge in [-0.25, -0.2) is 0 Å². The van der Waals surface area contributed by atoms with Crippen LogP contribution in [0, 0.1) is 0 Å². The van der Waals surface area contributed by atoms with Crippen LogP contribution in [0.4, 0.5) is 5.69 Å². The molecule has 0 aromatic heterocycles. The molecule has 0 N–H and O–H groups in total. The molecule has 1 aromatic rings. The van der Waals surface area contributed by atoms with Gasteiger partial charge in [0.25, 0.3) is 0 Å². The highest BCUT2D eigenvalue weighted by molar-refractivity contribution is 9.08. The third-order valence-corrected chi connectivity index (χ3v) is 10.5. The van der Waals surface area contributed by atoms with Gasteiger partial charge in [0.15, 0.2) is 0 Å². The Kier molecular flexibility index (Phi) is 4.66. The average Bonchev–Trinajstić information content (AvgIpc) is 2.14. The maximum Gasteiger partial charge on any atom is 0.138 e. The molecular formula is C13H24BrNSi2. The molecular weight excluding hydrogens is 306 g/mol. The van der Waals surface area contributed by atoms with E-state index in [0.717, 1.165) is 5.33 Å². The van der Waals surface area contributed by atoms with Crippen LogP contribution >= 0.6 is 15.9 Å². The lowest BCUT2D eigenvalue weighted by atomic mass is 10.2. The molecule has 1 rings (SSSR count). The molecule has 0 saturated carbocycles. The summed E-state index contributed by atoms with van der Waals surface area (Å²) in [5.74, 6) is 0. The lowest BCUT2D eigenvalue weighted by Gasteiger charge is -2.46. The first-order chi connectivity index (χ1) is 7.68. The van der Waals surface area contributed by atoms with Crippen molar-refractivity contribution in [3.8, 4) is 0 Å². The van der Waals surface area contributed by atoms with Crippen LogP contribution in [0.15, 0.2) is 24.3 Å². The molecule has 0 aliphatic carbocycles. The average molecular weight is 330 g/mol. The molecule has 0 amide bonds. The molecule has 0 fully saturated rings. The van der Waals surface area contributed by atoms with Gasteiger partial charge in [0, 0.05) is 11.0 Å². The second-order valence-electron chi connectivity index (χ2n) is 6.44. The molecule has 0 saturated heterocycles. The summed E-state index contributed by atoms with van der Waals surface area (Å²) in [5.41, 5.74) is 2.86. The largest absolute Gasteiger partial charge is 0.424 e. The SMILES string of the molecule is C[Si](C)(C)N(c1ccccc1CBr)[Si](C)(C)C. The number of rotatable bonds is 4. The van der Waals surface area contributed by atoms with E-state index in [1.807, 2.05) is 0 Å². The van der Waals surface area contributed by atoms with Gasteiger partial charge in [-0.15, -0.1) is 0 Å². The van der Waals surface area contributed by atoms with Gasteiger partial charge in [0.05, 0.1) is 0 Å². The molecule has 0 aliphatic heterocycles. The Morgan fingerprint density at radius 3 is 1.82 bits per heavy atom. The van der Waals surface area contributed by atoms with E-state index in [0.29, 0.717) is 0 Å². The molecule has 96 valence electrons. The van der Waals surface area contributed by atoms with Gasteiger partial charge in [0.2, 0.25) is 0 Å². The standard InChI is InChI=1S/C13H24BrNSi2/c1-16(2,3)15(17(4,5)6)13-10-8-7-9-12(13)11-14/h7-10H,11H2,1-6H3. The summed E-state index contributed by atoms with van der Waals surface area (Å²) in [4.78, 5) is 0. The van der Waals surface area contributed by atoms with Crippen molar-refractivity contribution in [3.05, 3.63) is 29.8 Å². The Labute approximate surface area is 117 Å². The van der Waals surface area contributed by atoms with Crippen LogP contribution in [0.25, 0.3) is 0 Å². The van der Waals surface area contributed by atoms with E-state index in [2.05, 4.69) is 83.7 Å². The van der Waals surface area contributed by atoms with Crippen molar-refractivity contribution in [2.24, 2.45) is 0 Å². The highest BCUT2D eigenvalue weighted by Gasteiger charge is 2.35. The maximum atomic E-state index is 3.61. The Balaban J connectivity index is 3.33. The number of alkyl halides is 1. The van der Waals surface area contributed by atoms with Crippen LogP contribution in [0.2, 0.25) is 39.3 Å². The van der Waals surface area contributed by atoms with Gasteiger partial charge in [-0.05, 0) is 11.6 Å². The van der Waals surface area contributed by atoms with Gasteiger partial charge in [0.1, 0.15) is 16.5 Å². The van der Waals surface area contributed by atoms with E-state index >= 15 is 0 Å². The topological polar surface area (TPSA) is 3.24 Å². The fourth-order valence-corrected chi connectivity index (χ4v) is 13.0. The molecule has 17 heavy (non-hydrogen) atoms. The van der Waals surface area contributed by atoms with Crippen LogP contribution < -0.4 is 4.23 Å². The molecule has 0 atom stereocenters. The van der Waals surface area contributed by atoms with Crippen LogP contribution in [0.3, 0.4) is 0 Å². The fraction of sp³-hybridized carbons (Fsp3) is 0.538. The molecule has 0 spiro atoms. The summed E-state index contributed by atoms with van der Waals surface area (Å²) in [6.07, 6.45) is 0. The molecule has 0 heterocycles. The third kappa shape index (κ3) is 3.70. The van der Waals surface area contributed by atoms with Gasteiger partial charge in [-0.1, -0.05) is 73.4 Å². The van der Waals surface area contributed by atoms with Gasteiger partial charge in [-0.2, -0.15) is 0 Å².